The summed E-state index contributed by atoms with van der Waals surface area (Å²) in [6.07, 6.45) is 6.60. The molecule has 0 aliphatic heterocycles. The summed E-state index contributed by atoms with van der Waals surface area (Å²) in [5, 5.41) is 15.0. The van der Waals surface area contributed by atoms with Gasteiger partial charge in [-0.2, -0.15) is 0 Å². The Morgan fingerprint density at radius 1 is 1.17 bits per heavy atom. The average Bonchev–Trinajstić information content (AvgIpc) is 2.76. The van der Waals surface area contributed by atoms with Gasteiger partial charge in [0.25, 0.3) is 0 Å². The Hall–Kier alpha value is -1.26. The lowest BCUT2D eigenvalue weighted by Gasteiger charge is -2.20. The first-order chi connectivity index (χ1) is 8.72. The highest BCUT2D eigenvalue weighted by Crippen LogP contribution is 2.57. The molecule has 0 bridgehead atoms. The summed E-state index contributed by atoms with van der Waals surface area (Å²) in [6.45, 7) is 0. The van der Waals surface area contributed by atoms with Gasteiger partial charge in [0.05, 0.1) is 0 Å². The monoisotopic (exact) mass is 251 g/mol. The second kappa shape index (κ2) is 4.44. The number of oxime groups is 1. The van der Waals surface area contributed by atoms with E-state index in [4.69, 9.17) is 10.9 Å². The Morgan fingerprint density at radius 2 is 1.83 bits per heavy atom. The summed E-state index contributed by atoms with van der Waals surface area (Å²) in [4.78, 5) is 12.2. The van der Waals surface area contributed by atoms with Crippen LogP contribution < -0.4 is 11.1 Å². The molecule has 3 fully saturated rings. The van der Waals surface area contributed by atoms with Gasteiger partial charge in [0, 0.05) is 17.9 Å². The van der Waals surface area contributed by atoms with Crippen molar-refractivity contribution in [3.8, 4) is 0 Å². The fourth-order valence-electron chi connectivity index (χ4n) is 4.05. The van der Waals surface area contributed by atoms with Gasteiger partial charge in [-0.3, -0.25) is 4.79 Å². The van der Waals surface area contributed by atoms with Gasteiger partial charge in [0.15, 0.2) is 0 Å². The van der Waals surface area contributed by atoms with Gasteiger partial charge >= 0.3 is 0 Å². The SMILES string of the molecule is NC(=NO)C1CCCC1NC(=O)C1C2CCCC21. The van der Waals surface area contributed by atoms with Crippen molar-refractivity contribution in [2.75, 3.05) is 0 Å². The zero-order valence-corrected chi connectivity index (χ0v) is 10.5. The number of amides is 1. The summed E-state index contributed by atoms with van der Waals surface area (Å²) in [5.74, 6) is 2.02. The number of fused-ring (bicyclic) bond motifs is 1. The normalized spacial score (nSPS) is 42.7. The number of carbonyl (C=O) groups is 1. The average molecular weight is 251 g/mol. The van der Waals surface area contributed by atoms with Crippen LogP contribution in [0.25, 0.3) is 0 Å². The van der Waals surface area contributed by atoms with Crippen LogP contribution in [-0.4, -0.2) is 23.0 Å². The van der Waals surface area contributed by atoms with E-state index in [1.807, 2.05) is 0 Å². The smallest absolute Gasteiger partial charge is 0.223 e. The van der Waals surface area contributed by atoms with Crippen molar-refractivity contribution < 1.29 is 10.0 Å². The van der Waals surface area contributed by atoms with Crippen molar-refractivity contribution in [3.63, 3.8) is 0 Å². The summed E-state index contributed by atoms with van der Waals surface area (Å²) in [5.41, 5.74) is 5.68. The topological polar surface area (TPSA) is 87.7 Å². The van der Waals surface area contributed by atoms with E-state index < -0.39 is 0 Å². The van der Waals surface area contributed by atoms with Crippen molar-refractivity contribution in [1.29, 1.82) is 0 Å². The number of nitrogens with zero attached hydrogens (tertiary/aromatic N) is 1. The fourth-order valence-corrected chi connectivity index (χ4v) is 4.05. The van der Waals surface area contributed by atoms with Gasteiger partial charge in [-0.05, 0) is 37.5 Å². The number of nitrogens with two attached hydrogens (primary N) is 1. The molecule has 0 aromatic rings. The molecule has 0 heterocycles. The molecule has 0 aromatic heterocycles. The fraction of sp³-hybridized carbons (Fsp3) is 0.846. The van der Waals surface area contributed by atoms with Crippen molar-refractivity contribution in [1.82, 2.24) is 5.32 Å². The van der Waals surface area contributed by atoms with E-state index in [0.717, 1.165) is 19.3 Å². The number of nitrogens with one attached hydrogen (secondary N) is 1. The Kier molecular flexibility index (Phi) is 2.92. The van der Waals surface area contributed by atoms with Gasteiger partial charge in [-0.15, -0.1) is 0 Å². The molecule has 4 N–H and O–H groups in total. The summed E-state index contributed by atoms with van der Waals surface area (Å²) >= 11 is 0. The van der Waals surface area contributed by atoms with Crippen LogP contribution in [0.4, 0.5) is 0 Å². The second-order valence-electron chi connectivity index (χ2n) is 5.96. The first-order valence-corrected chi connectivity index (χ1v) is 7.00. The van der Waals surface area contributed by atoms with Crippen molar-refractivity contribution in [2.45, 2.75) is 44.6 Å². The van der Waals surface area contributed by atoms with Crippen LogP contribution in [0.15, 0.2) is 5.16 Å². The Bertz CT molecular complexity index is 372. The number of hydrogen-bond donors (Lipinski definition) is 3. The molecule has 0 saturated heterocycles. The molecule has 4 atom stereocenters. The molecule has 5 heteroatoms. The zero-order chi connectivity index (χ0) is 12.7. The third-order valence-electron chi connectivity index (χ3n) is 5.05. The molecule has 18 heavy (non-hydrogen) atoms. The minimum Gasteiger partial charge on any atom is -0.409 e. The van der Waals surface area contributed by atoms with E-state index in [1.165, 1.54) is 19.3 Å². The summed E-state index contributed by atoms with van der Waals surface area (Å²) in [7, 11) is 0. The van der Waals surface area contributed by atoms with Crippen LogP contribution in [0.1, 0.15) is 38.5 Å². The van der Waals surface area contributed by atoms with E-state index in [9.17, 15) is 4.79 Å². The Morgan fingerprint density at radius 3 is 2.50 bits per heavy atom. The van der Waals surface area contributed by atoms with Crippen LogP contribution in [-0.2, 0) is 4.79 Å². The molecule has 3 aliphatic carbocycles. The molecular formula is C13H21N3O2. The molecule has 3 rings (SSSR count). The predicted molar refractivity (Wildman–Crippen MR) is 67.0 cm³/mol. The second-order valence-corrected chi connectivity index (χ2v) is 5.96. The van der Waals surface area contributed by atoms with Gasteiger partial charge in [-0.1, -0.05) is 18.0 Å². The van der Waals surface area contributed by atoms with Crippen molar-refractivity contribution in [3.05, 3.63) is 0 Å². The standard InChI is InChI=1S/C13H21N3O2/c14-12(16-18)9-5-2-6-10(9)15-13(17)11-7-3-1-4-8(7)11/h7-11,18H,1-6H2,(H2,14,16)(H,15,17). The van der Waals surface area contributed by atoms with E-state index >= 15 is 0 Å². The first-order valence-electron chi connectivity index (χ1n) is 7.00. The van der Waals surface area contributed by atoms with E-state index in [1.54, 1.807) is 0 Å². The molecule has 5 nitrogen and oxygen atoms in total. The minimum absolute atomic E-state index is 0.0116. The van der Waals surface area contributed by atoms with Crippen LogP contribution in [0, 0.1) is 23.7 Å². The van der Waals surface area contributed by atoms with Gasteiger partial charge in [0.2, 0.25) is 5.91 Å². The van der Waals surface area contributed by atoms with Gasteiger partial charge < -0.3 is 16.3 Å². The van der Waals surface area contributed by atoms with E-state index in [0.29, 0.717) is 11.8 Å². The quantitative estimate of drug-likeness (QED) is 0.303. The highest BCUT2D eigenvalue weighted by atomic mass is 16.4. The minimum atomic E-state index is 0.0116. The number of carbonyl (C=O) groups excluding carboxylic acids is 1. The highest BCUT2D eigenvalue weighted by Gasteiger charge is 2.56. The summed E-state index contributed by atoms with van der Waals surface area (Å²) in [6, 6.07) is 0.0646. The lowest BCUT2D eigenvalue weighted by molar-refractivity contribution is -0.123. The molecule has 100 valence electrons. The molecule has 3 saturated carbocycles. The molecule has 0 radical (unpaired) electrons. The van der Waals surface area contributed by atoms with Crippen molar-refractivity contribution >= 4 is 11.7 Å². The Balaban J connectivity index is 1.57. The maximum atomic E-state index is 12.2. The van der Waals surface area contributed by atoms with Crippen LogP contribution in [0.3, 0.4) is 0 Å². The van der Waals surface area contributed by atoms with Crippen LogP contribution >= 0.6 is 0 Å². The van der Waals surface area contributed by atoms with Gasteiger partial charge in [0.1, 0.15) is 5.84 Å². The van der Waals surface area contributed by atoms with E-state index in [-0.39, 0.29) is 29.6 Å². The maximum Gasteiger partial charge on any atom is 0.223 e. The van der Waals surface area contributed by atoms with Crippen molar-refractivity contribution in [2.24, 2.45) is 34.6 Å². The highest BCUT2D eigenvalue weighted by molar-refractivity contribution is 5.86. The van der Waals surface area contributed by atoms with Crippen LogP contribution in [0.2, 0.25) is 0 Å². The number of amidine groups is 1. The molecule has 1 amide bonds. The third-order valence-corrected chi connectivity index (χ3v) is 5.05. The zero-order valence-electron chi connectivity index (χ0n) is 10.5. The van der Waals surface area contributed by atoms with Gasteiger partial charge in [-0.25, -0.2) is 0 Å². The predicted octanol–water partition coefficient (Wildman–Crippen LogP) is 1.06. The molecule has 3 aliphatic rings. The lowest BCUT2D eigenvalue weighted by atomic mass is 10.0. The Labute approximate surface area is 107 Å². The first kappa shape index (κ1) is 11.8. The molecule has 4 unspecified atom stereocenters. The van der Waals surface area contributed by atoms with E-state index in [2.05, 4.69) is 10.5 Å². The summed E-state index contributed by atoms with van der Waals surface area (Å²) < 4.78 is 0. The number of hydrogen-bond acceptors (Lipinski definition) is 3. The maximum absolute atomic E-state index is 12.2. The lowest BCUT2D eigenvalue weighted by Crippen LogP contribution is -2.43. The largest absolute Gasteiger partial charge is 0.409 e. The molecule has 0 spiro atoms. The third kappa shape index (κ3) is 1.85. The van der Waals surface area contributed by atoms with Crippen LogP contribution in [0.5, 0.6) is 0 Å². The molecule has 0 aromatic carbocycles. The number of rotatable bonds is 3. The molecular weight excluding hydrogens is 230 g/mol.